The molecule has 9 heteroatoms. The molecule has 0 unspecified atom stereocenters. The molecule has 2 aromatic rings. The molecule has 0 saturated heterocycles. The van der Waals surface area contributed by atoms with Gasteiger partial charge in [0.25, 0.3) is 5.56 Å². The summed E-state index contributed by atoms with van der Waals surface area (Å²) in [5, 5.41) is 7.55. The molecule has 0 atom stereocenters. The van der Waals surface area contributed by atoms with Crippen LogP contribution in [0.4, 0.5) is 0 Å². The van der Waals surface area contributed by atoms with Gasteiger partial charge in [-0.15, -0.1) is 5.92 Å². The first-order chi connectivity index (χ1) is 10.7. The maximum atomic E-state index is 11.7. The van der Waals surface area contributed by atoms with Crippen molar-refractivity contribution in [3.05, 3.63) is 49.8 Å². The van der Waals surface area contributed by atoms with Gasteiger partial charge < -0.3 is 0 Å². The van der Waals surface area contributed by atoms with Gasteiger partial charge in [-0.25, -0.2) is 14.6 Å². The lowest BCUT2D eigenvalue weighted by atomic mass is 10.3. The Bertz CT molecular complexity index is 813. The number of rotatable bonds is 4. The first-order valence-corrected chi connectivity index (χ1v) is 7.02. The minimum absolute atomic E-state index is 0.152. The van der Waals surface area contributed by atoms with Crippen molar-refractivity contribution in [1.29, 1.82) is 0 Å². The van der Waals surface area contributed by atoms with Gasteiger partial charge in [0.05, 0.1) is 4.47 Å². The van der Waals surface area contributed by atoms with E-state index in [2.05, 4.69) is 52.9 Å². The lowest BCUT2D eigenvalue weighted by molar-refractivity contribution is 0.664. The van der Waals surface area contributed by atoms with Gasteiger partial charge in [0.15, 0.2) is 5.82 Å². The highest BCUT2D eigenvalue weighted by Crippen LogP contribution is 2.11. The molecule has 0 bridgehead atoms. The standard InChI is InChI=1S/C13H10BrN7O/c14-10-8-16-13(17-9-10)11-4-5-12(22)21(19-11)7-3-1-2-6-18-20-15/h4-5,8-9H,2,6-7H2. The lowest BCUT2D eigenvalue weighted by Gasteiger charge is -2.02. The van der Waals surface area contributed by atoms with E-state index in [0.29, 0.717) is 24.5 Å². The van der Waals surface area contributed by atoms with E-state index in [4.69, 9.17) is 5.53 Å². The van der Waals surface area contributed by atoms with E-state index in [1.807, 2.05) is 0 Å². The van der Waals surface area contributed by atoms with Gasteiger partial charge in [0.1, 0.15) is 12.2 Å². The van der Waals surface area contributed by atoms with Crippen molar-refractivity contribution in [2.24, 2.45) is 5.11 Å². The zero-order valence-corrected chi connectivity index (χ0v) is 12.9. The molecule has 0 aliphatic rings. The Hall–Kier alpha value is -2.69. The topological polar surface area (TPSA) is 109 Å². The Morgan fingerprint density at radius 2 is 2.09 bits per heavy atom. The molecular weight excluding hydrogens is 350 g/mol. The fourth-order valence-corrected chi connectivity index (χ4v) is 1.70. The molecule has 22 heavy (non-hydrogen) atoms. The second kappa shape index (κ2) is 7.93. The minimum Gasteiger partial charge on any atom is -0.268 e. The van der Waals surface area contributed by atoms with Crippen molar-refractivity contribution in [3.63, 3.8) is 0 Å². The summed E-state index contributed by atoms with van der Waals surface area (Å²) in [6.45, 7) is 0.456. The molecule has 0 N–H and O–H groups in total. The third-order valence-corrected chi connectivity index (χ3v) is 2.88. The van der Waals surface area contributed by atoms with Crippen LogP contribution in [-0.4, -0.2) is 26.3 Å². The Morgan fingerprint density at radius 1 is 1.32 bits per heavy atom. The number of hydrogen-bond donors (Lipinski definition) is 0. The van der Waals surface area contributed by atoms with Gasteiger partial charge in [-0.3, -0.25) is 4.79 Å². The zero-order chi connectivity index (χ0) is 15.8. The smallest absolute Gasteiger partial charge is 0.267 e. The highest BCUT2D eigenvalue weighted by Gasteiger charge is 2.05. The van der Waals surface area contributed by atoms with Crippen LogP contribution in [0.15, 0.2) is 38.9 Å². The predicted octanol–water partition coefficient (Wildman–Crippen LogP) is 2.17. The van der Waals surface area contributed by atoms with Crippen LogP contribution in [0.25, 0.3) is 22.0 Å². The highest BCUT2D eigenvalue weighted by molar-refractivity contribution is 9.10. The van der Waals surface area contributed by atoms with Gasteiger partial charge in [-0.05, 0) is 27.5 Å². The lowest BCUT2D eigenvalue weighted by Crippen LogP contribution is -2.22. The Labute approximate surface area is 134 Å². The van der Waals surface area contributed by atoms with Gasteiger partial charge in [0.2, 0.25) is 0 Å². The molecule has 0 saturated carbocycles. The van der Waals surface area contributed by atoms with Crippen LogP contribution in [-0.2, 0) is 6.54 Å². The summed E-state index contributed by atoms with van der Waals surface area (Å²) >= 11 is 3.26. The van der Waals surface area contributed by atoms with E-state index < -0.39 is 0 Å². The molecule has 0 aromatic carbocycles. The number of nitrogens with zero attached hydrogens (tertiary/aromatic N) is 7. The van der Waals surface area contributed by atoms with E-state index in [-0.39, 0.29) is 12.1 Å². The van der Waals surface area contributed by atoms with Crippen molar-refractivity contribution >= 4 is 15.9 Å². The molecule has 2 aromatic heterocycles. The summed E-state index contributed by atoms with van der Waals surface area (Å²) in [4.78, 5) is 22.6. The Kier molecular flexibility index (Phi) is 5.65. The first-order valence-electron chi connectivity index (χ1n) is 6.23. The molecule has 0 fully saturated rings. The third kappa shape index (κ3) is 4.41. The maximum Gasteiger partial charge on any atom is 0.267 e. The number of hydrogen-bond acceptors (Lipinski definition) is 5. The monoisotopic (exact) mass is 359 g/mol. The SMILES string of the molecule is [N-]=[N+]=NCCC#CCn1nc(-c2ncc(Br)cn2)ccc1=O. The van der Waals surface area contributed by atoms with Gasteiger partial charge in [-0.1, -0.05) is 11.0 Å². The zero-order valence-electron chi connectivity index (χ0n) is 11.3. The molecular formula is C13H10BrN7O. The average molecular weight is 360 g/mol. The molecule has 110 valence electrons. The molecule has 0 amide bonds. The van der Waals surface area contributed by atoms with Crippen molar-refractivity contribution in [1.82, 2.24) is 19.7 Å². The van der Waals surface area contributed by atoms with Crippen LogP contribution in [0.5, 0.6) is 0 Å². The van der Waals surface area contributed by atoms with Crippen LogP contribution >= 0.6 is 15.9 Å². The third-order valence-electron chi connectivity index (χ3n) is 2.47. The summed E-state index contributed by atoms with van der Waals surface area (Å²) in [6, 6.07) is 2.96. The summed E-state index contributed by atoms with van der Waals surface area (Å²) in [5.41, 5.74) is 8.36. The number of aromatic nitrogens is 4. The summed E-state index contributed by atoms with van der Waals surface area (Å²) in [6.07, 6.45) is 3.65. The molecule has 2 heterocycles. The van der Waals surface area contributed by atoms with Gasteiger partial charge in [-0.2, -0.15) is 5.10 Å². The largest absolute Gasteiger partial charge is 0.268 e. The van der Waals surface area contributed by atoms with E-state index in [1.165, 1.54) is 10.7 Å². The molecule has 0 aliphatic heterocycles. The van der Waals surface area contributed by atoms with Crippen LogP contribution in [0.1, 0.15) is 6.42 Å². The van der Waals surface area contributed by atoms with E-state index in [1.54, 1.807) is 18.5 Å². The second-order valence-corrected chi connectivity index (χ2v) is 4.91. The summed E-state index contributed by atoms with van der Waals surface area (Å²) in [5.74, 6) is 6.04. The number of azide groups is 1. The van der Waals surface area contributed by atoms with Crippen LogP contribution in [0.2, 0.25) is 0 Å². The summed E-state index contributed by atoms with van der Waals surface area (Å²) in [7, 11) is 0. The molecule has 0 radical (unpaired) electrons. The van der Waals surface area contributed by atoms with Crippen molar-refractivity contribution in [2.75, 3.05) is 6.54 Å². The van der Waals surface area contributed by atoms with E-state index >= 15 is 0 Å². The van der Waals surface area contributed by atoms with Gasteiger partial charge >= 0.3 is 0 Å². The number of halogens is 1. The Balaban J connectivity index is 2.15. The highest BCUT2D eigenvalue weighted by atomic mass is 79.9. The van der Waals surface area contributed by atoms with Crippen molar-refractivity contribution in [2.45, 2.75) is 13.0 Å². The minimum atomic E-state index is -0.259. The summed E-state index contributed by atoms with van der Waals surface area (Å²) < 4.78 is 2.00. The van der Waals surface area contributed by atoms with E-state index in [0.717, 1.165) is 4.47 Å². The fraction of sp³-hybridized carbons (Fsp3) is 0.231. The molecule has 0 spiro atoms. The van der Waals surface area contributed by atoms with Crippen LogP contribution in [0, 0.1) is 11.8 Å². The van der Waals surface area contributed by atoms with Gasteiger partial charge in [0, 0.05) is 36.3 Å². The van der Waals surface area contributed by atoms with E-state index in [9.17, 15) is 4.79 Å². The maximum absolute atomic E-state index is 11.7. The Morgan fingerprint density at radius 3 is 2.82 bits per heavy atom. The van der Waals surface area contributed by atoms with Crippen LogP contribution in [0.3, 0.4) is 0 Å². The molecule has 2 rings (SSSR count). The van der Waals surface area contributed by atoms with Crippen LogP contribution < -0.4 is 5.56 Å². The van der Waals surface area contributed by atoms with Crippen molar-refractivity contribution in [3.8, 4) is 23.4 Å². The molecule has 8 nitrogen and oxygen atoms in total. The normalized spacial score (nSPS) is 9.50. The average Bonchev–Trinajstić information content (AvgIpc) is 2.53. The predicted molar refractivity (Wildman–Crippen MR) is 83.6 cm³/mol. The fourth-order valence-electron chi connectivity index (χ4n) is 1.50. The quantitative estimate of drug-likeness (QED) is 0.274. The van der Waals surface area contributed by atoms with Crippen molar-refractivity contribution < 1.29 is 0 Å². The molecule has 0 aliphatic carbocycles. The first kappa shape index (κ1) is 15.7. The second-order valence-electron chi connectivity index (χ2n) is 4.00.